The average molecular weight is 573 g/mol. The van der Waals surface area contributed by atoms with E-state index in [1.54, 1.807) is 0 Å². The molecule has 0 amide bonds. The average Bonchev–Trinajstić information content (AvgIpc) is 2.97. The van der Waals surface area contributed by atoms with E-state index in [9.17, 15) is 13.2 Å². The Hall–Kier alpha value is -3.98. The van der Waals surface area contributed by atoms with Gasteiger partial charge in [-0.1, -0.05) is 26.0 Å². The lowest BCUT2D eigenvalue weighted by Gasteiger charge is -2.31. The number of hydrogen-bond donors (Lipinski definition) is 1. The predicted octanol–water partition coefficient (Wildman–Crippen LogP) is 7.29. The highest BCUT2D eigenvalue weighted by molar-refractivity contribution is 5.84. The summed E-state index contributed by atoms with van der Waals surface area (Å²) in [6.07, 6.45) is 3.02. The molecule has 0 unspecified atom stereocenters. The first kappa shape index (κ1) is 28.2. The highest BCUT2D eigenvalue weighted by Gasteiger charge is 2.30. The largest absolute Gasteiger partial charge is 0.416 e. The Morgan fingerprint density at radius 3 is 2.48 bits per heavy atom. The number of likely N-dealkylation sites (tertiary alicyclic amines) is 1. The molecule has 0 aromatic heterocycles. The number of allylic oxidation sites excluding steroid dienone is 1. The molecular weight excluding hydrogens is 537 g/mol. The van der Waals surface area contributed by atoms with E-state index in [1.165, 1.54) is 12.1 Å². The van der Waals surface area contributed by atoms with Gasteiger partial charge in [-0.25, -0.2) is 4.98 Å². The summed E-state index contributed by atoms with van der Waals surface area (Å²) in [5, 5.41) is 4.38. The van der Waals surface area contributed by atoms with Gasteiger partial charge in [-0.2, -0.15) is 13.2 Å². The van der Waals surface area contributed by atoms with Crippen LogP contribution in [0.2, 0.25) is 0 Å². The van der Waals surface area contributed by atoms with Gasteiger partial charge >= 0.3 is 6.18 Å². The number of piperidine rings is 1. The Morgan fingerprint density at radius 2 is 1.79 bits per heavy atom. The Bertz CT molecular complexity index is 1660. The van der Waals surface area contributed by atoms with Crippen LogP contribution in [0.5, 0.6) is 0 Å². The summed E-state index contributed by atoms with van der Waals surface area (Å²) in [4.78, 5) is 17.1. The van der Waals surface area contributed by atoms with Gasteiger partial charge in [0.2, 0.25) is 0 Å². The zero-order valence-corrected chi connectivity index (χ0v) is 23.9. The van der Waals surface area contributed by atoms with Gasteiger partial charge in [0, 0.05) is 43.4 Å². The third-order valence-electron chi connectivity index (χ3n) is 7.83. The summed E-state index contributed by atoms with van der Waals surface area (Å²) in [6.45, 7) is 7.62. The van der Waals surface area contributed by atoms with Gasteiger partial charge in [-0.3, -0.25) is 9.98 Å². The van der Waals surface area contributed by atoms with Crippen LogP contribution >= 0.6 is 0 Å². The maximum atomic E-state index is 13.4. The number of nitrogens with zero attached hydrogens (tertiary/aromatic N) is 5. The summed E-state index contributed by atoms with van der Waals surface area (Å²) in [6, 6.07) is 17.2. The van der Waals surface area contributed by atoms with Gasteiger partial charge in [0.05, 0.1) is 45.1 Å². The molecule has 1 fully saturated rings. The van der Waals surface area contributed by atoms with Crippen molar-refractivity contribution >= 4 is 22.9 Å². The fourth-order valence-electron chi connectivity index (χ4n) is 5.84. The van der Waals surface area contributed by atoms with Gasteiger partial charge in [0.15, 0.2) is 0 Å². The summed E-state index contributed by atoms with van der Waals surface area (Å²) in [5.41, 5.74) is 4.89. The van der Waals surface area contributed by atoms with Crippen LogP contribution in [-0.4, -0.2) is 46.3 Å². The second-order valence-electron chi connectivity index (χ2n) is 11.5. The van der Waals surface area contributed by atoms with E-state index in [-0.39, 0.29) is 6.04 Å². The number of rotatable bonds is 6. The molecule has 42 heavy (non-hydrogen) atoms. The van der Waals surface area contributed by atoms with Crippen molar-refractivity contribution in [2.75, 3.05) is 25.0 Å². The van der Waals surface area contributed by atoms with Crippen LogP contribution in [0.1, 0.15) is 45.1 Å². The maximum Gasteiger partial charge on any atom is 0.416 e. The molecule has 6 nitrogen and oxygen atoms in total. The van der Waals surface area contributed by atoms with Crippen molar-refractivity contribution < 1.29 is 13.2 Å². The lowest BCUT2D eigenvalue weighted by atomic mass is 10.0. The Morgan fingerprint density at radius 1 is 1.02 bits per heavy atom. The third-order valence-corrected chi connectivity index (χ3v) is 7.83. The molecular formula is C33H35F3N6. The van der Waals surface area contributed by atoms with Crippen molar-refractivity contribution in [3.63, 3.8) is 0 Å². The molecule has 6 rings (SSSR count). The van der Waals surface area contributed by atoms with Crippen LogP contribution in [0.4, 0.5) is 18.9 Å². The molecule has 2 aromatic carbocycles. The first-order valence-corrected chi connectivity index (χ1v) is 14.6. The smallest absolute Gasteiger partial charge is 0.356 e. The van der Waals surface area contributed by atoms with Gasteiger partial charge < -0.3 is 14.8 Å². The molecule has 3 heterocycles. The van der Waals surface area contributed by atoms with E-state index >= 15 is 0 Å². The van der Waals surface area contributed by atoms with Crippen LogP contribution in [0, 0.1) is 5.92 Å². The van der Waals surface area contributed by atoms with Crippen LogP contribution in [-0.2, 0) is 6.18 Å². The zero-order chi connectivity index (χ0) is 29.3. The topological polar surface area (TPSA) is 57.8 Å². The van der Waals surface area contributed by atoms with E-state index in [2.05, 4.69) is 29.1 Å². The van der Waals surface area contributed by atoms with Crippen LogP contribution < -0.4 is 10.7 Å². The van der Waals surface area contributed by atoms with Gasteiger partial charge in [-0.05, 0) is 80.1 Å². The lowest BCUT2D eigenvalue weighted by Crippen LogP contribution is -2.38. The predicted molar refractivity (Wildman–Crippen MR) is 162 cm³/mol. The van der Waals surface area contributed by atoms with Gasteiger partial charge in [0.25, 0.3) is 0 Å². The van der Waals surface area contributed by atoms with Gasteiger partial charge in [0.1, 0.15) is 0 Å². The van der Waals surface area contributed by atoms with Gasteiger partial charge in [-0.15, -0.1) is 0 Å². The molecule has 0 bridgehead atoms. The van der Waals surface area contributed by atoms with E-state index in [4.69, 9.17) is 9.98 Å². The normalized spacial score (nSPS) is 17.4. The summed E-state index contributed by atoms with van der Waals surface area (Å²) in [7, 11) is 0. The van der Waals surface area contributed by atoms with E-state index in [0.717, 1.165) is 96.6 Å². The molecule has 2 aromatic rings. The summed E-state index contributed by atoms with van der Waals surface area (Å²) < 4.78 is 42.1. The number of nitrogens with one attached hydrogen (secondary N) is 1. The fraction of sp³-hybridized carbons (Fsp3) is 0.364. The number of para-hydroxylation sites is 2. The number of anilines is 1. The molecule has 0 radical (unpaired) electrons. The summed E-state index contributed by atoms with van der Waals surface area (Å²) in [5.74, 6) is 0.629. The number of benzene rings is 3. The summed E-state index contributed by atoms with van der Waals surface area (Å²) >= 11 is 0. The number of aromatic nitrogens is 2. The number of fused-ring (bicyclic) bond motifs is 2. The SMILES string of the molecule is CC(C)CN1CCC(/N=c2\cc3n(-c4ccc(C(F)(F)F)cc4)c4ccccc4nc-3cc2NC2=CN=CCC2)CC1. The fourth-order valence-corrected chi connectivity index (χ4v) is 5.84. The Balaban J connectivity index is 1.50. The van der Waals surface area contributed by atoms with E-state index < -0.39 is 11.7 Å². The molecule has 1 N–H and O–H groups in total. The maximum absolute atomic E-state index is 13.4. The molecule has 9 heteroatoms. The Labute approximate surface area is 243 Å². The van der Waals surface area contributed by atoms with Crippen molar-refractivity contribution in [1.82, 2.24) is 14.5 Å². The molecule has 0 atom stereocenters. The molecule has 0 saturated carbocycles. The van der Waals surface area contributed by atoms with Crippen molar-refractivity contribution in [3.05, 3.63) is 83.5 Å². The first-order chi connectivity index (χ1) is 20.2. The van der Waals surface area contributed by atoms with Crippen LogP contribution in [0.3, 0.4) is 0 Å². The van der Waals surface area contributed by atoms with Crippen molar-refractivity contribution in [2.24, 2.45) is 15.9 Å². The van der Waals surface area contributed by atoms with Crippen molar-refractivity contribution in [1.29, 1.82) is 0 Å². The number of aliphatic imine (C=N–C) groups is 1. The minimum absolute atomic E-state index is 0.178. The molecule has 4 aliphatic rings. The highest BCUT2D eigenvalue weighted by Crippen LogP contribution is 2.33. The monoisotopic (exact) mass is 572 g/mol. The second kappa shape index (κ2) is 11.7. The molecule has 1 aliphatic carbocycles. The quantitative estimate of drug-likeness (QED) is 0.247. The standard InChI is InChI=1S/C33H35F3N6/c1-22(2)21-41-16-13-24(14-17-41)38-29-19-32-30(18-28(29)39-25-6-5-15-37-20-25)40-27-7-3-4-8-31(27)42(32)26-11-9-23(10-12-26)33(34,35)36/h3-4,7-12,15,18-20,22,24,39H,5-6,13-14,16-17,21H2,1-2H3/b38-29+. The lowest BCUT2D eigenvalue weighted by molar-refractivity contribution is -0.137. The minimum atomic E-state index is -4.40. The zero-order valence-electron chi connectivity index (χ0n) is 23.9. The Kier molecular flexibility index (Phi) is 7.86. The highest BCUT2D eigenvalue weighted by atomic mass is 19.4. The van der Waals surface area contributed by atoms with Crippen molar-refractivity contribution in [2.45, 2.75) is 51.7 Å². The minimum Gasteiger partial charge on any atom is -0.356 e. The van der Waals surface area contributed by atoms with E-state index in [1.807, 2.05) is 53.4 Å². The molecule has 1 saturated heterocycles. The number of halogens is 3. The molecule has 218 valence electrons. The van der Waals surface area contributed by atoms with Crippen LogP contribution in [0.25, 0.3) is 28.1 Å². The second-order valence-corrected chi connectivity index (χ2v) is 11.5. The number of alkyl halides is 3. The first-order valence-electron chi connectivity index (χ1n) is 14.6. The molecule has 0 spiro atoms. The molecule has 3 aliphatic heterocycles. The third kappa shape index (κ3) is 6.11. The van der Waals surface area contributed by atoms with Crippen LogP contribution in [0.15, 0.2) is 82.5 Å². The van der Waals surface area contributed by atoms with Crippen molar-refractivity contribution in [3.8, 4) is 17.1 Å². The van der Waals surface area contributed by atoms with E-state index in [0.29, 0.717) is 11.6 Å². The number of hydrogen-bond acceptors (Lipinski definition) is 5.